The average Bonchev–Trinajstić information content (AvgIpc) is 2.99. The summed E-state index contributed by atoms with van der Waals surface area (Å²) in [6.45, 7) is 3.84. The highest BCUT2D eigenvalue weighted by molar-refractivity contribution is 5.82. The number of rotatable bonds is 1. The van der Waals surface area contributed by atoms with Gasteiger partial charge in [0.05, 0.1) is 18.2 Å². The summed E-state index contributed by atoms with van der Waals surface area (Å²) in [5.74, 6) is -1.18. The monoisotopic (exact) mass is 346 g/mol. The summed E-state index contributed by atoms with van der Waals surface area (Å²) in [5, 5.41) is 20.8. The molecule has 2 rings (SSSR count). The van der Waals surface area contributed by atoms with Crippen molar-refractivity contribution in [2.24, 2.45) is 5.73 Å². The number of amides is 1. The van der Waals surface area contributed by atoms with Gasteiger partial charge in [-0.2, -0.15) is 0 Å². The Balaban J connectivity index is 0.000000340. The average molecular weight is 346 g/mol. The fourth-order valence-electron chi connectivity index (χ4n) is 2.54. The number of nitrogens with two attached hydrogens (primary N) is 1. The highest BCUT2D eigenvalue weighted by atomic mass is 16.6. The molecule has 0 unspecified atom stereocenters. The third kappa shape index (κ3) is 11.1. The summed E-state index contributed by atoms with van der Waals surface area (Å²) < 4.78 is 3.97. The molecule has 24 heavy (non-hydrogen) atoms. The predicted molar refractivity (Wildman–Crippen MR) is 87.7 cm³/mol. The Hall–Kier alpha value is -1.51. The van der Waals surface area contributed by atoms with E-state index in [-0.39, 0.29) is 30.2 Å². The first-order chi connectivity index (χ1) is 11.1. The molecule has 2 aliphatic rings. The number of hydrogen-bond donors (Lipinski definition) is 4. The Kier molecular flexibility index (Phi) is 11.2. The molecule has 2 aliphatic carbocycles. The molecule has 2 fully saturated rings. The van der Waals surface area contributed by atoms with Crippen molar-refractivity contribution in [3.05, 3.63) is 0 Å². The highest BCUT2D eigenvalue weighted by Crippen LogP contribution is 2.18. The molecule has 8 heteroatoms. The molecule has 140 valence electrons. The van der Waals surface area contributed by atoms with Gasteiger partial charge in [-0.15, -0.1) is 0 Å². The van der Waals surface area contributed by atoms with Gasteiger partial charge in [0.2, 0.25) is 5.91 Å². The van der Waals surface area contributed by atoms with E-state index in [1.165, 1.54) is 20.8 Å². The van der Waals surface area contributed by atoms with Crippen LogP contribution in [0, 0.1) is 0 Å². The minimum atomic E-state index is -0.562. The Morgan fingerprint density at radius 1 is 0.917 bits per heavy atom. The molecule has 0 aromatic rings. The van der Waals surface area contributed by atoms with Crippen LogP contribution in [0.1, 0.15) is 59.3 Å². The molecular weight excluding hydrogens is 316 g/mol. The molecule has 1 amide bonds. The summed E-state index contributed by atoms with van der Waals surface area (Å²) >= 11 is 0. The van der Waals surface area contributed by atoms with Crippen LogP contribution in [-0.4, -0.2) is 52.4 Å². The summed E-state index contributed by atoms with van der Waals surface area (Å²) in [6.07, 6.45) is 5.24. The molecule has 2 saturated carbocycles. The Bertz CT molecular complexity index is 395. The van der Waals surface area contributed by atoms with E-state index < -0.39 is 11.9 Å². The van der Waals surface area contributed by atoms with E-state index in [9.17, 15) is 19.5 Å². The number of ether oxygens (including phenoxy) is 1. The van der Waals surface area contributed by atoms with E-state index in [0.717, 1.165) is 38.5 Å². The van der Waals surface area contributed by atoms with Gasteiger partial charge in [0, 0.05) is 26.8 Å². The molecule has 8 nitrogen and oxygen atoms in total. The smallest absolute Gasteiger partial charge is 0.310 e. The zero-order valence-corrected chi connectivity index (χ0v) is 14.7. The van der Waals surface area contributed by atoms with Crippen molar-refractivity contribution < 1.29 is 29.3 Å². The maximum Gasteiger partial charge on any atom is 0.310 e. The fourth-order valence-corrected chi connectivity index (χ4v) is 2.54. The normalized spacial score (nSPS) is 27.9. The molecule has 4 atom stereocenters. The minimum absolute atomic E-state index is 0.0116. The lowest BCUT2D eigenvalue weighted by Crippen LogP contribution is -2.38. The topological polar surface area (TPSA) is 139 Å². The van der Waals surface area contributed by atoms with Crippen LogP contribution in [0.3, 0.4) is 0 Å². The van der Waals surface area contributed by atoms with E-state index in [0.29, 0.717) is 0 Å². The van der Waals surface area contributed by atoms with Crippen molar-refractivity contribution in [2.75, 3.05) is 0 Å². The molecule has 0 aromatic heterocycles. The Labute approximate surface area is 142 Å². The van der Waals surface area contributed by atoms with E-state index in [1.54, 1.807) is 0 Å². The number of carbonyl (C=O) groups is 3. The van der Waals surface area contributed by atoms with Gasteiger partial charge in [-0.25, -0.2) is 0 Å². The van der Waals surface area contributed by atoms with Gasteiger partial charge in [0.1, 0.15) is 0 Å². The number of nitrogens with one attached hydrogen (secondary N) is 1. The largest absolute Gasteiger partial charge is 0.394 e. The minimum Gasteiger partial charge on any atom is -0.394 e. The Morgan fingerprint density at radius 2 is 1.42 bits per heavy atom. The first-order valence-corrected chi connectivity index (χ1v) is 8.21. The second kappa shape index (κ2) is 11.9. The van der Waals surface area contributed by atoms with Crippen molar-refractivity contribution in [3.8, 4) is 0 Å². The molecule has 0 aromatic carbocycles. The second-order valence-corrected chi connectivity index (χ2v) is 6.05. The second-order valence-electron chi connectivity index (χ2n) is 6.05. The lowest BCUT2D eigenvalue weighted by Gasteiger charge is -2.14. The number of aliphatic hydroxyl groups excluding tert-OH is 2. The van der Waals surface area contributed by atoms with Gasteiger partial charge < -0.3 is 26.0 Å². The van der Waals surface area contributed by atoms with Crippen LogP contribution < -0.4 is 11.1 Å². The molecule has 0 aliphatic heterocycles. The van der Waals surface area contributed by atoms with Crippen LogP contribution in [0.25, 0.3) is 0 Å². The molecule has 5 N–H and O–H groups in total. The summed E-state index contributed by atoms with van der Waals surface area (Å²) in [6, 6.07) is 0.0810. The number of aliphatic hydroxyl groups is 2. The third-order valence-corrected chi connectivity index (χ3v) is 3.69. The number of carbonyl (C=O) groups excluding carboxylic acids is 3. The van der Waals surface area contributed by atoms with Crippen molar-refractivity contribution in [1.82, 2.24) is 5.32 Å². The number of esters is 2. The van der Waals surface area contributed by atoms with E-state index in [1.807, 2.05) is 0 Å². The molecule has 0 heterocycles. The maximum absolute atomic E-state index is 10.5. The molecule has 0 spiro atoms. The van der Waals surface area contributed by atoms with Gasteiger partial charge in [-0.3, -0.25) is 14.4 Å². The highest BCUT2D eigenvalue weighted by Gasteiger charge is 2.25. The van der Waals surface area contributed by atoms with E-state index in [2.05, 4.69) is 10.1 Å². The van der Waals surface area contributed by atoms with Gasteiger partial charge in [0.15, 0.2) is 0 Å². The van der Waals surface area contributed by atoms with Crippen LogP contribution in [0.4, 0.5) is 0 Å². The van der Waals surface area contributed by atoms with Crippen molar-refractivity contribution >= 4 is 17.8 Å². The predicted octanol–water partition coefficient (Wildman–Crippen LogP) is -0.00960. The van der Waals surface area contributed by atoms with Crippen molar-refractivity contribution in [3.63, 3.8) is 0 Å². The molecule has 0 bridgehead atoms. The van der Waals surface area contributed by atoms with Crippen molar-refractivity contribution in [1.29, 1.82) is 0 Å². The summed E-state index contributed by atoms with van der Waals surface area (Å²) in [4.78, 5) is 30.1. The van der Waals surface area contributed by atoms with Crippen LogP contribution in [-0.2, 0) is 19.1 Å². The standard InChI is InChI=1S/C7H13NO2.C5H11NO.C4H6O3/c1-5(9)8-6-3-2-4-7(6)10;6-4-2-1-3-5(4)7;1-3(5)7-4(2)6/h6-7,10H,2-4H2,1H3,(H,8,9);4-5,7H,1-3,6H2;1-2H3/t6-,7-;4-,5-;/m00./s1. The number of hydrogen-bond acceptors (Lipinski definition) is 7. The lowest BCUT2D eigenvalue weighted by molar-refractivity contribution is -0.156. The molecule has 0 saturated heterocycles. The summed E-state index contributed by atoms with van der Waals surface area (Å²) in [5.41, 5.74) is 5.43. The summed E-state index contributed by atoms with van der Waals surface area (Å²) in [7, 11) is 0. The van der Waals surface area contributed by atoms with Crippen LogP contribution in [0.15, 0.2) is 0 Å². The van der Waals surface area contributed by atoms with Gasteiger partial charge >= 0.3 is 11.9 Å². The SMILES string of the molecule is CC(=O)N[C@H]1CCC[C@@H]1O.CC(=O)OC(C)=O.N[C@H]1CCC[C@@H]1O. The quantitative estimate of drug-likeness (QED) is 0.387. The first kappa shape index (κ1) is 22.5. The third-order valence-electron chi connectivity index (χ3n) is 3.69. The van der Waals surface area contributed by atoms with E-state index >= 15 is 0 Å². The lowest BCUT2D eigenvalue weighted by atomic mass is 10.2. The Morgan fingerprint density at radius 3 is 1.62 bits per heavy atom. The van der Waals surface area contributed by atoms with Gasteiger partial charge in [0.25, 0.3) is 0 Å². The molecule has 0 radical (unpaired) electrons. The van der Waals surface area contributed by atoms with Crippen LogP contribution in [0.2, 0.25) is 0 Å². The zero-order valence-electron chi connectivity index (χ0n) is 14.7. The molecular formula is C16H30N2O6. The van der Waals surface area contributed by atoms with Crippen LogP contribution in [0.5, 0.6) is 0 Å². The van der Waals surface area contributed by atoms with Gasteiger partial charge in [-0.05, 0) is 38.5 Å². The van der Waals surface area contributed by atoms with E-state index in [4.69, 9.17) is 10.8 Å². The van der Waals surface area contributed by atoms with Crippen molar-refractivity contribution in [2.45, 2.75) is 83.6 Å². The first-order valence-electron chi connectivity index (χ1n) is 8.21. The van der Waals surface area contributed by atoms with Gasteiger partial charge in [-0.1, -0.05) is 0 Å². The zero-order chi connectivity index (χ0) is 18.7. The maximum atomic E-state index is 10.5. The van der Waals surface area contributed by atoms with Crippen LogP contribution >= 0.6 is 0 Å². The fraction of sp³-hybridized carbons (Fsp3) is 0.812.